The topological polar surface area (TPSA) is 32.3 Å². The highest BCUT2D eigenvalue weighted by atomic mass is 16.2. The predicted molar refractivity (Wildman–Crippen MR) is 79.7 cm³/mol. The van der Waals surface area contributed by atoms with Crippen LogP contribution in [-0.2, 0) is 0 Å². The lowest BCUT2D eigenvalue weighted by atomic mass is 9.91. The van der Waals surface area contributed by atoms with E-state index in [9.17, 15) is 4.79 Å². The fourth-order valence-corrected chi connectivity index (χ4v) is 2.41. The largest absolute Gasteiger partial charge is 0.385 e. The minimum absolute atomic E-state index is 0.157. The van der Waals surface area contributed by atoms with Crippen LogP contribution >= 0.6 is 0 Å². The van der Waals surface area contributed by atoms with Gasteiger partial charge in [0, 0.05) is 30.9 Å². The summed E-state index contributed by atoms with van der Waals surface area (Å²) < 4.78 is 0. The van der Waals surface area contributed by atoms with Crippen molar-refractivity contribution in [3.63, 3.8) is 0 Å². The van der Waals surface area contributed by atoms with Gasteiger partial charge in [0.15, 0.2) is 0 Å². The van der Waals surface area contributed by atoms with Crippen LogP contribution in [0.4, 0.5) is 5.69 Å². The molecule has 3 nitrogen and oxygen atoms in total. The molecule has 0 aromatic heterocycles. The normalized spacial score (nSPS) is 14.9. The van der Waals surface area contributed by atoms with Gasteiger partial charge < -0.3 is 10.2 Å². The lowest BCUT2D eigenvalue weighted by molar-refractivity contribution is 0.0651. The van der Waals surface area contributed by atoms with Crippen LogP contribution in [0, 0.1) is 6.92 Å². The fraction of sp³-hybridized carbons (Fsp3) is 0.562. The van der Waals surface area contributed by atoms with Crippen LogP contribution in [0.25, 0.3) is 0 Å². The molecule has 0 heterocycles. The number of carbonyl (C=O) groups excluding carboxylic acids is 1. The Morgan fingerprint density at radius 3 is 2.68 bits per heavy atom. The first kappa shape index (κ1) is 13.9. The molecule has 0 saturated heterocycles. The second-order valence-corrected chi connectivity index (χ2v) is 5.46. The van der Waals surface area contributed by atoms with E-state index in [0.29, 0.717) is 6.04 Å². The number of carbonyl (C=O) groups is 1. The lowest BCUT2D eigenvalue weighted by Gasteiger charge is -2.35. The van der Waals surface area contributed by atoms with Crippen molar-refractivity contribution >= 4 is 11.6 Å². The van der Waals surface area contributed by atoms with Gasteiger partial charge in [0.2, 0.25) is 0 Å². The first-order valence-electron chi connectivity index (χ1n) is 7.25. The Morgan fingerprint density at radius 2 is 2.16 bits per heavy atom. The summed E-state index contributed by atoms with van der Waals surface area (Å²) >= 11 is 0. The number of benzene rings is 1. The third-order valence-electron chi connectivity index (χ3n) is 3.98. The SMILES string of the molecule is CCCNc1ccc(C(=O)N(C)C2CCC2)c(C)c1. The molecule has 1 aromatic rings. The maximum Gasteiger partial charge on any atom is 0.254 e. The Bertz CT molecular complexity index is 452. The number of hydrogen-bond acceptors (Lipinski definition) is 2. The van der Waals surface area contributed by atoms with Gasteiger partial charge in [0.05, 0.1) is 0 Å². The molecule has 1 aromatic carbocycles. The highest BCUT2D eigenvalue weighted by Crippen LogP contribution is 2.26. The van der Waals surface area contributed by atoms with Gasteiger partial charge in [-0.25, -0.2) is 0 Å². The van der Waals surface area contributed by atoms with Crippen molar-refractivity contribution in [1.82, 2.24) is 4.90 Å². The van der Waals surface area contributed by atoms with Crippen molar-refractivity contribution in [1.29, 1.82) is 0 Å². The first-order chi connectivity index (χ1) is 9.13. The summed E-state index contributed by atoms with van der Waals surface area (Å²) in [4.78, 5) is 14.3. The van der Waals surface area contributed by atoms with Gasteiger partial charge >= 0.3 is 0 Å². The molecular weight excluding hydrogens is 236 g/mol. The van der Waals surface area contributed by atoms with Crippen molar-refractivity contribution in [2.75, 3.05) is 18.9 Å². The highest BCUT2D eigenvalue weighted by molar-refractivity contribution is 5.96. The second kappa shape index (κ2) is 6.09. The molecule has 1 N–H and O–H groups in total. The summed E-state index contributed by atoms with van der Waals surface area (Å²) in [5.41, 5.74) is 2.98. The number of anilines is 1. The van der Waals surface area contributed by atoms with Gasteiger partial charge in [-0.1, -0.05) is 6.92 Å². The Kier molecular flexibility index (Phi) is 4.46. The molecule has 0 aliphatic heterocycles. The van der Waals surface area contributed by atoms with Gasteiger partial charge in [-0.3, -0.25) is 4.79 Å². The summed E-state index contributed by atoms with van der Waals surface area (Å²) in [6, 6.07) is 6.47. The molecule has 0 spiro atoms. The number of amides is 1. The molecule has 0 unspecified atom stereocenters. The predicted octanol–water partition coefficient (Wildman–Crippen LogP) is 3.44. The van der Waals surface area contributed by atoms with E-state index in [2.05, 4.69) is 18.3 Å². The highest BCUT2D eigenvalue weighted by Gasteiger charge is 2.26. The maximum atomic E-state index is 12.4. The minimum Gasteiger partial charge on any atom is -0.385 e. The molecule has 104 valence electrons. The van der Waals surface area contributed by atoms with Crippen molar-refractivity contribution in [2.45, 2.75) is 45.6 Å². The van der Waals surface area contributed by atoms with Crippen molar-refractivity contribution in [2.24, 2.45) is 0 Å². The number of nitrogens with zero attached hydrogens (tertiary/aromatic N) is 1. The Labute approximate surface area is 116 Å². The summed E-state index contributed by atoms with van der Waals surface area (Å²) in [5, 5.41) is 3.35. The molecule has 0 bridgehead atoms. The van der Waals surface area contributed by atoms with E-state index in [0.717, 1.165) is 42.6 Å². The molecule has 0 atom stereocenters. The van der Waals surface area contributed by atoms with Gasteiger partial charge in [-0.05, 0) is 56.4 Å². The number of rotatable bonds is 5. The zero-order valence-electron chi connectivity index (χ0n) is 12.2. The molecule has 1 saturated carbocycles. The number of nitrogens with one attached hydrogen (secondary N) is 1. The molecule has 1 aliphatic rings. The maximum absolute atomic E-state index is 12.4. The van der Waals surface area contributed by atoms with E-state index in [1.165, 1.54) is 6.42 Å². The van der Waals surface area contributed by atoms with Crippen LogP contribution in [0.3, 0.4) is 0 Å². The summed E-state index contributed by atoms with van der Waals surface area (Å²) in [5.74, 6) is 0.157. The third-order valence-corrected chi connectivity index (χ3v) is 3.98. The minimum atomic E-state index is 0.157. The molecule has 1 fully saturated rings. The van der Waals surface area contributed by atoms with Crippen LogP contribution in [0.1, 0.15) is 48.5 Å². The molecule has 1 aliphatic carbocycles. The van der Waals surface area contributed by atoms with E-state index < -0.39 is 0 Å². The van der Waals surface area contributed by atoms with Crippen LogP contribution < -0.4 is 5.32 Å². The van der Waals surface area contributed by atoms with E-state index in [-0.39, 0.29) is 5.91 Å². The van der Waals surface area contributed by atoms with Crippen LogP contribution in [0.5, 0.6) is 0 Å². The van der Waals surface area contributed by atoms with E-state index in [1.807, 2.05) is 31.0 Å². The van der Waals surface area contributed by atoms with Gasteiger partial charge in [0.1, 0.15) is 0 Å². The Hall–Kier alpha value is -1.51. The zero-order valence-corrected chi connectivity index (χ0v) is 12.2. The summed E-state index contributed by atoms with van der Waals surface area (Å²) in [6.45, 7) is 5.12. The van der Waals surface area contributed by atoms with Crippen LogP contribution in [0.15, 0.2) is 18.2 Å². The lowest BCUT2D eigenvalue weighted by Crippen LogP contribution is -2.41. The number of hydrogen-bond donors (Lipinski definition) is 1. The molecule has 3 heteroatoms. The Morgan fingerprint density at radius 1 is 1.42 bits per heavy atom. The fourth-order valence-electron chi connectivity index (χ4n) is 2.41. The summed E-state index contributed by atoms with van der Waals surface area (Å²) in [6.07, 6.45) is 4.65. The van der Waals surface area contributed by atoms with E-state index >= 15 is 0 Å². The molecule has 0 radical (unpaired) electrons. The summed E-state index contributed by atoms with van der Waals surface area (Å²) in [7, 11) is 1.93. The average Bonchev–Trinajstić information content (AvgIpc) is 2.33. The van der Waals surface area contributed by atoms with Crippen molar-refractivity contribution < 1.29 is 4.79 Å². The van der Waals surface area contributed by atoms with Crippen LogP contribution in [0.2, 0.25) is 0 Å². The Balaban J connectivity index is 2.09. The van der Waals surface area contributed by atoms with Crippen molar-refractivity contribution in [3.05, 3.63) is 29.3 Å². The quantitative estimate of drug-likeness (QED) is 0.879. The monoisotopic (exact) mass is 260 g/mol. The smallest absolute Gasteiger partial charge is 0.254 e. The van der Waals surface area contributed by atoms with Crippen LogP contribution in [-0.4, -0.2) is 30.4 Å². The van der Waals surface area contributed by atoms with Gasteiger partial charge in [-0.15, -0.1) is 0 Å². The molecule has 19 heavy (non-hydrogen) atoms. The number of aryl methyl sites for hydroxylation is 1. The zero-order chi connectivity index (χ0) is 13.8. The van der Waals surface area contributed by atoms with Gasteiger partial charge in [0.25, 0.3) is 5.91 Å². The standard InChI is InChI=1S/C16H24N2O/c1-4-10-17-13-8-9-15(12(2)11-13)16(19)18(3)14-6-5-7-14/h8-9,11,14,17H,4-7,10H2,1-3H3. The first-order valence-corrected chi connectivity index (χ1v) is 7.25. The van der Waals surface area contributed by atoms with Crippen molar-refractivity contribution in [3.8, 4) is 0 Å². The van der Waals surface area contributed by atoms with Gasteiger partial charge in [-0.2, -0.15) is 0 Å². The molecular formula is C16H24N2O. The second-order valence-electron chi connectivity index (χ2n) is 5.46. The molecule has 2 rings (SSSR count). The molecule has 1 amide bonds. The van der Waals surface area contributed by atoms with E-state index in [4.69, 9.17) is 0 Å². The third kappa shape index (κ3) is 3.09. The average molecular weight is 260 g/mol. The van der Waals surface area contributed by atoms with E-state index in [1.54, 1.807) is 0 Å².